The van der Waals surface area contributed by atoms with Crippen molar-refractivity contribution >= 4 is 9.84 Å². The number of sulfone groups is 1. The second-order valence-electron chi connectivity index (χ2n) is 5.33. The molecule has 19 heavy (non-hydrogen) atoms. The van der Waals surface area contributed by atoms with Crippen LogP contribution in [0.2, 0.25) is 0 Å². The van der Waals surface area contributed by atoms with Gasteiger partial charge in [-0.15, -0.1) is 0 Å². The second-order valence-corrected chi connectivity index (χ2v) is 7.55. The van der Waals surface area contributed by atoms with Crippen molar-refractivity contribution in [1.82, 2.24) is 9.78 Å². The Balaban J connectivity index is 2.33. The average Bonchev–Trinajstić information content (AvgIpc) is 2.91. The van der Waals surface area contributed by atoms with Gasteiger partial charge in [0.05, 0.1) is 36.5 Å². The SMILES string of the molecule is COc1cnn(C(C)C)c1C(N)C1CCS(=O)(=O)C1. The fourth-order valence-corrected chi connectivity index (χ4v) is 4.43. The van der Waals surface area contributed by atoms with Gasteiger partial charge in [0.15, 0.2) is 15.6 Å². The Labute approximate surface area is 113 Å². The summed E-state index contributed by atoms with van der Waals surface area (Å²) in [6.07, 6.45) is 2.24. The summed E-state index contributed by atoms with van der Waals surface area (Å²) in [5, 5.41) is 4.28. The van der Waals surface area contributed by atoms with E-state index in [0.29, 0.717) is 12.2 Å². The molecule has 0 saturated carbocycles. The number of rotatable bonds is 4. The summed E-state index contributed by atoms with van der Waals surface area (Å²) in [6, 6.07) is -0.208. The van der Waals surface area contributed by atoms with Crippen molar-refractivity contribution in [2.45, 2.75) is 32.4 Å². The van der Waals surface area contributed by atoms with E-state index in [1.165, 1.54) is 0 Å². The molecule has 0 bridgehead atoms. The number of ether oxygens (including phenoxy) is 1. The van der Waals surface area contributed by atoms with E-state index in [2.05, 4.69) is 5.10 Å². The van der Waals surface area contributed by atoms with Crippen LogP contribution in [0.3, 0.4) is 0 Å². The largest absolute Gasteiger partial charge is 0.493 e. The molecule has 1 fully saturated rings. The molecule has 0 amide bonds. The van der Waals surface area contributed by atoms with Crippen LogP contribution >= 0.6 is 0 Å². The van der Waals surface area contributed by atoms with Gasteiger partial charge in [-0.1, -0.05) is 0 Å². The summed E-state index contributed by atoms with van der Waals surface area (Å²) in [5.74, 6) is 0.947. The van der Waals surface area contributed by atoms with Crippen LogP contribution in [0, 0.1) is 5.92 Å². The van der Waals surface area contributed by atoms with Crippen molar-refractivity contribution in [2.24, 2.45) is 11.7 Å². The zero-order chi connectivity index (χ0) is 14.2. The highest BCUT2D eigenvalue weighted by atomic mass is 32.2. The molecule has 2 heterocycles. The molecular formula is C12H21N3O3S. The maximum Gasteiger partial charge on any atom is 0.161 e. The molecule has 0 spiro atoms. The molecule has 0 aliphatic carbocycles. The van der Waals surface area contributed by atoms with E-state index in [4.69, 9.17) is 10.5 Å². The quantitative estimate of drug-likeness (QED) is 0.889. The number of methoxy groups -OCH3 is 1. The molecule has 0 aromatic carbocycles. The summed E-state index contributed by atoms with van der Waals surface area (Å²) >= 11 is 0. The Bertz CT molecular complexity index is 551. The molecule has 0 radical (unpaired) electrons. The van der Waals surface area contributed by atoms with Crippen LogP contribution in [-0.2, 0) is 9.84 Å². The van der Waals surface area contributed by atoms with Crippen LogP contribution in [0.5, 0.6) is 5.75 Å². The Hall–Kier alpha value is -1.08. The van der Waals surface area contributed by atoms with E-state index in [-0.39, 0.29) is 29.5 Å². The van der Waals surface area contributed by atoms with Gasteiger partial charge in [0.1, 0.15) is 0 Å². The van der Waals surface area contributed by atoms with Crippen LogP contribution in [0.15, 0.2) is 6.20 Å². The van der Waals surface area contributed by atoms with E-state index in [0.717, 1.165) is 5.69 Å². The van der Waals surface area contributed by atoms with Crippen LogP contribution in [-0.4, -0.2) is 36.8 Å². The highest BCUT2D eigenvalue weighted by molar-refractivity contribution is 7.91. The van der Waals surface area contributed by atoms with Crippen molar-refractivity contribution in [3.05, 3.63) is 11.9 Å². The summed E-state index contributed by atoms with van der Waals surface area (Å²) in [7, 11) is -1.36. The minimum atomic E-state index is -2.93. The molecule has 2 atom stereocenters. The van der Waals surface area contributed by atoms with Crippen LogP contribution in [0.4, 0.5) is 0 Å². The topological polar surface area (TPSA) is 87.2 Å². The molecule has 1 aliphatic heterocycles. The lowest BCUT2D eigenvalue weighted by molar-refractivity contribution is 0.373. The summed E-state index contributed by atoms with van der Waals surface area (Å²) in [5.41, 5.74) is 7.07. The number of nitrogens with two attached hydrogens (primary N) is 1. The number of hydrogen-bond donors (Lipinski definition) is 1. The first-order valence-electron chi connectivity index (χ1n) is 6.43. The standard InChI is InChI=1S/C12H21N3O3S/c1-8(2)15-12(10(18-3)6-14-15)11(13)9-4-5-19(16,17)7-9/h6,8-9,11H,4-5,7,13H2,1-3H3. The molecule has 1 aliphatic rings. The third kappa shape index (κ3) is 2.76. The van der Waals surface area contributed by atoms with Gasteiger partial charge >= 0.3 is 0 Å². The molecule has 1 saturated heterocycles. The van der Waals surface area contributed by atoms with Gasteiger partial charge in [-0.3, -0.25) is 4.68 Å². The average molecular weight is 287 g/mol. The predicted molar refractivity (Wildman–Crippen MR) is 72.9 cm³/mol. The van der Waals surface area contributed by atoms with E-state index in [9.17, 15) is 8.42 Å². The smallest absolute Gasteiger partial charge is 0.161 e. The van der Waals surface area contributed by atoms with Gasteiger partial charge < -0.3 is 10.5 Å². The van der Waals surface area contributed by atoms with Crippen molar-refractivity contribution < 1.29 is 13.2 Å². The van der Waals surface area contributed by atoms with Gasteiger partial charge in [-0.05, 0) is 26.2 Å². The molecule has 1 aromatic rings. The van der Waals surface area contributed by atoms with Crippen LogP contribution in [0.25, 0.3) is 0 Å². The minimum Gasteiger partial charge on any atom is -0.493 e. The number of hydrogen-bond acceptors (Lipinski definition) is 5. The highest BCUT2D eigenvalue weighted by Crippen LogP contribution is 2.35. The van der Waals surface area contributed by atoms with E-state index in [1.54, 1.807) is 13.3 Å². The second kappa shape index (κ2) is 5.13. The zero-order valence-electron chi connectivity index (χ0n) is 11.5. The van der Waals surface area contributed by atoms with E-state index in [1.807, 2.05) is 18.5 Å². The molecule has 6 nitrogen and oxygen atoms in total. The molecular weight excluding hydrogens is 266 g/mol. The zero-order valence-corrected chi connectivity index (χ0v) is 12.4. The normalized spacial score (nSPS) is 23.7. The van der Waals surface area contributed by atoms with Gasteiger partial charge in [-0.2, -0.15) is 5.10 Å². The first-order valence-corrected chi connectivity index (χ1v) is 8.25. The van der Waals surface area contributed by atoms with Crippen LogP contribution in [0.1, 0.15) is 38.0 Å². The van der Waals surface area contributed by atoms with Crippen molar-refractivity contribution in [2.75, 3.05) is 18.6 Å². The minimum absolute atomic E-state index is 0.0619. The molecule has 108 valence electrons. The van der Waals surface area contributed by atoms with Crippen molar-refractivity contribution in [3.8, 4) is 5.75 Å². The van der Waals surface area contributed by atoms with Gasteiger partial charge in [0.2, 0.25) is 0 Å². The Morgan fingerprint density at radius 2 is 2.21 bits per heavy atom. The lowest BCUT2D eigenvalue weighted by Crippen LogP contribution is -2.26. The summed E-state index contributed by atoms with van der Waals surface area (Å²) < 4.78 is 30.3. The van der Waals surface area contributed by atoms with Crippen molar-refractivity contribution in [3.63, 3.8) is 0 Å². The number of nitrogens with zero attached hydrogens (tertiary/aromatic N) is 2. The third-order valence-electron chi connectivity index (χ3n) is 3.60. The summed E-state index contributed by atoms with van der Waals surface area (Å²) in [4.78, 5) is 0. The molecule has 2 unspecified atom stereocenters. The third-order valence-corrected chi connectivity index (χ3v) is 5.39. The van der Waals surface area contributed by atoms with Crippen LogP contribution < -0.4 is 10.5 Å². The van der Waals surface area contributed by atoms with Gasteiger partial charge in [0, 0.05) is 6.04 Å². The Morgan fingerprint density at radius 1 is 1.53 bits per heavy atom. The fraction of sp³-hybridized carbons (Fsp3) is 0.750. The fourth-order valence-electron chi connectivity index (χ4n) is 2.57. The Kier molecular flexibility index (Phi) is 3.87. The number of aromatic nitrogens is 2. The molecule has 1 aromatic heterocycles. The van der Waals surface area contributed by atoms with Gasteiger partial charge in [0.25, 0.3) is 0 Å². The van der Waals surface area contributed by atoms with Crippen molar-refractivity contribution in [1.29, 1.82) is 0 Å². The van der Waals surface area contributed by atoms with E-state index >= 15 is 0 Å². The maximum atomic E-state index is 11.6. The summed E-state index contributed by atoms with van der Waals surface area (Å²) in [6.45, 7) is 4.02. The lowest BCUT2D eigenvalue weighted by atomic mass is 9.96. The highest BCUT2D eigenvalue weighted by Gasteiger charge is 2.35. The maximum absolute atomic E-state index is 11.6. The molecule has 2 N–H and O–H groups in total. The van der Waals surface area contributed by atoms with Gasteiger partial charge in [-0.25, -0.2) is 8.42 Å². The lowest BCUT2D eigenvalue weighted by Gasteiger charge is -2.22. The van der Waals surface area contributed by atoms with E-state index < -0.39 is 9.84 Å². The monoisotopic (exact) mass is 287 g/mol. The molecule has 2 rings (SSSR count). The predicted octanol–water partition coefficient (Wildman–Crippen LogP) is 0.907. The first-order chi connectivity index (χ1) is 8.85. The molecule has 7 heteroatoms. The first kappa shape index (κ1) is 14.3. The Morgan fingerprint density at radius 3 is 2.68 bits per heavy atom.